The van der Waals surface area contributed by atoms with Crippen molar-refractivity contribution in [1.82, 2.24) is 14.5 Å². The van der Waals surface area contributed by atoms with Crippen LogP contribution in [0.5, 0.6) is 5.75 Å². The standard InChI is InChI=1S/C23H28N4O4.C4H4O4/c1-26-21(20(17-9-5-3-6-10-17)22(29)27(2)23(26)30)25-14-13-24-15-18(28)16-31-19-11-7-4-8-12-19;5-3(6)1-2-4(7)8/h3-12,18,24-25,28H,13-16H2,1-2H3;1-2H,(H,5,6)(H,7,8)/b;2-1+. The topological polar surface area (TPSA) is 172 Å². The number of carboxylic acids is 2. The third kappa shape index (κ3) is 9.95. The fourth-order valence-electron chi connectivity index (χ4n) is 3.36. The lowest BCUT2D eigenvalue weighted by molar-refractivity contribution is -0.134. The zero-order valence-corrected chi connectivity index (χ0v) is 21.6. The van der Waals surface area contributed by atoms with Gasteiger partial charge in [0, 0.05) is 45.9 Å². The molecule has 2 aromatic carbocycles. The van der Waals surface area contributed by atoms with Gasteiger partial charge in [0.25, 0.3) is 5.56 Å². The SMILES string of the molecule is Cn1c(NCCNCC(O)COc2ccccc2)c(-c2ccccc2)c(=O)n(C)c1=O.O=C(O)/C=C/C(=O)O. The smallest absolute Gasteiger partial charge is 0.332 e. The Hall–Kier alpha value is -4.68. The van der Waals surface area contributed by atoms with Gasteiger partial charge in [-0.3, -0.25) is 13.9 Å². The van der Waals surface area contributed by atoms with E-state index in [1.54, 1.807) is 7.05 Å². The van der Waals surface area contributed by atoms with Gasteiger partial charge >= 0.3 is 17.6 Å². The van der Waals surface area contributed by atoms with Gasteiger partial charge in [-0.2, -0.15) is 0 Å². The second kappa shape index (κ2) is 15.5. The minimum Gasteiger partial charge on any atom is -0.491 e. The molecule has 12 nitrogen and oxygen atoms in total. The minimum atomic E-state index is -1.26. The van der Waals surface area contributed by atoms with E-state index in [0.717, 1.165) is 10.1 Å². The zero-order chi connectivity index (χ0) is 28.8. The molecule has 3 aromatic rings. The number of benzene rings is 2. The number of hydrogen-bond acceptors (Lipinski definition) is 8. The molecular weight excluding hydrogens is 508 g/mol. The van der Waals surface area contributed by atoms with E-state index < -0.39 is 23.7 Å². The summed E-state index contributed by atoms with van der Waals surface area (Å²) in [6.07, 6.45) is 0.457. The molecule has 0 aliphatic heterocycles. The number of ether oxygens (including phenoxy) is 1. The molecule has 208 valence electrons. The number of carboxylic acid groups (broad SMARTS) is 2. The Kier molecular flexibility index (Phi) is 12.2. The maximum absolute atomic E-state index is 12.8. The summed E-state index contributed by atoms with van der Waals surface area (Å²) in [4.78, 5) is 44.3. The van der Waals surface area contributed by atoms with Crippen LogP contribution < -0.4 is 26.6 Å². The molecule has 1 heterocycles. The number of carbonyl (C=O) groups is 2. The Balaban J connectivity index is 0.000000580. The molecule has 1 unspecified atom stereocenters. The van der Waals surface area contributed by atoms with E-state index in [1.807, 2.05) is 60.7 Å². The number of aliphatic hydroxyl groups is 1. The van der Waals surface area contributed by atoms with Gasteiger partial charge in [-0.25, -0.2) is 14.4 Å². The number of hydrogen-bond donors (Lipinski definition) is 5. The highest BCUT2D eigenvalue weighted by molar-refractivity contribution is 5.89. The van der Waals surface area contributed by atoms with Gasteiger partial charge in [0.1, 0.15) is 24.3 Å². The largest absolute Gasteiger partial charge is 0.491 e. The molecule has 39 heavy (non-hydrogen) atoms. The molecule has 0 bridgehead atoms. The Bertz CT molecular complexity index is 1350. The Morgan fingerprint density at radius 2 is 1.46 bits per heavy atom. The summed E-state index contributed by atoms with van der Waals surface area (Å²) in [7, 11) is 3.11. The second-order valence-corrected chi connectivity index (χ2v) is 8.21. The fraction of sp³-hybridized carbons (Fsp3) is 0.259. The highest BCUT2D eigenvalue weighted by Gasteiger charge is 2.17. The minimum absolute atomic E-state index is 0.186. The average Bonchev–Trinajstić information content (AvgIpc) is 2.93. The lowest BCUT2D eigenvalue weighted by atomic mass is 10.1. The summed E-state index contributed by atoms with van der Waals surface area (Å²) in [5.74, 6) is -1.34. The summed E-state index contributed by atoms with van der Waals surface area (Å²) in [6.45, 7) is 1.54. The molecule has 0 saturated carbocycles. The highest BCUT2D eigenvalue weighted by Crippen LogP contribution is 2.22. The first-order valence-electron chi connectivity index (χ1n) is 11.9. The van der Waals surface area contributed by atoms with Crippen LogP contribution in [-0.4, -0.2) is 68.7 Å². The average molecular weight is 541 g/mol. The summed E-state index contributed by atoms with van der Waals surface area (Å²) < 4.78 is 8.07. The third-order valence-corrected chi connectivity index (χ3v) is 5.26. The van der Waals surface area contributed by atoms with E-state index in [0.29, 0.717) is 48.9 Å². The molecule has 0 aliphatic carbocycles. The molecule has 12 heteroatoms. The van der Waals surface area contributed by atoms with E-state index >= 15 is 0 Å². The first-order valence-corrected chi connectivity index (χ1v) is 11.9. The van der Waals surface area contributed by atoms with Crippen molar-refractivity contribution in [2.75, 3.05) is 31.6 Å². The van der Waals surface area contributed by atoms with Gasteiger partial charge in [0.15, 0.2) is 0 Å². The lowest BCUT2D eigenvalue weighted by Gasteiger charge is -2.18. The van der Waals surface area contributed by atoms with E-state index in [2.05, 4.69) is 10.6 Å². The van der Waals surface area contributed by atoms with Gasteiger partial charge in [-0.15, -0.1) is 0 Å². The van der Waals surface area contributed by atoms with Crippen molar-refractivity contribution in [3.63, 3.8) is 0 Å². The number of rotatable bonds is 12. The van der Waals surface area contributed by atoms with Crippen molar-refractivity contribution < 1.29 is 29.6 Å². The van der Waals surface area contributed by atoms with Gasteiger partial charge in [0.2, 0.25) is 0 Å². The number of nitrogens with one attached hydrogen (secondary N) is 2. The van der Waals surface area contributed by atoms with Crippen molar-refractivity contribution in [2.24, 2.45) is 14.1 Å². The van der Waals surface area contributed by atoms with Crippen LogP contribution in [0.15, 0.2) is 82.4 Å². The molecule has 0 spiro atoms. The van der Waals surface area contributed by atoms with Gasteiger partial charge in [-0.05, 0) is 17.7 Å². The first kappa shape index (κ1) is 30.5. The number of anilines is 1. The zero-order valence-electron chi connectivity index (χ0n) is 21.6. The second-order valence-electron chi connectivity index (χ2n) is 8.21. The maximum Gasteiger partial charge on any atom is 0.332 e. The van der Waals surface area contributed by atoms with Gasteiger partial charge < -0.3 is 30.7 Å². The van der Waals surface area contributed by atoms with Crippen LogP contribution in [0, 0.1) is 0 Å². The lowest BCUT2D eigenvalue weighted by Crippen LogP contribution is -2.40. The van der Waals surface area contributed by atoms with Crippen LogP contribution >= 0.6 is 0 Å². The maximum atomic E-state index is 12.8. The summed E-state index contributed by atoms with van der Waals surface area (Å²) >= 11 is 0. The normalized spacial score (nSPS) is 11.4. The number of aromatic nitrogens is 2. The molecule has 1 atom stereocenters. The molecular formula is C27H32N4O8. The van der Waals surface area contributed by atoms with Gasteiger partial charge in [0.05, 0.1) is 5.56 Å². The first-order chi connectivity index (χ1) is 18.6. The quantitative estimate of drug-likeness (QED) is 0.164. The van der Waals surface area contributed by atoms with E-state index in [4.69, 9.17) is 14.9 Å². The molecule has 5 N–H and O–H groups in total. The van der Waals surface area contributed by atoms with Crippen LogP contribution in [0.4, 0.5) is 5.82 Å². The molecule has 3 rings (SSSR count). The van der Waals surface area contributed by atoms with Crippen molar-refractivity contribution >= 4 is 17.8 Å². The summed E-state index contributed by atoms with van der Waals surface area (Å²) in [5, 5.41) is 32.0. The molecule has 0 radical (unpaired) electrons. The van der Waals surface area contributed by atoms with Crippen molar-refractivity contribution in [3.05, 3.63) is 93.7 Å². The van der Waals surface area contributed by atoms with E-state index in [1.165, 1.54) is 11.6 Å². The number of nitrogens with zero attached hydrogens (tertiary/aromatic N) is 2. The summed E-state index contributed by atoms with van der Waals surface area (Å²) in [6, 6.07) is 18.6. The Morgan fingerprint density at radius 1 is 0.897 bits per heavy atom. The molecule has 1 aromatic heterocycles. The van der Waals surface area contributed by atoms with Crippen LogP contribution in [0.1, 0.15) is 0 Å². The van der Waals surface area contributed by atoms with Crippen molar-refractivity contribution in [1.29, 1.82) is 0 Å². The number of para-hydroxylation sites is 1. The summed E-state index contributed by atoms with van der Waals surface area (Å²) in [5.41, 5.74) is 0.441. The molecule has 0 amide bonds. The third-order valence-electron chi connectivity index (χ3n) is 5.26. The molecule has 0 aliphatic rings. The van der Waals surface area contributed by atoms with E-state index in [-0.39, 0.29) is 12.2 Å². The van der Waals surface area contributed by atoms with Gasteiger partial charge in [-0.1, -0.05) is 48.5 Å². The predicted octanol–water partition coefficient (Wildman–Crippen LogP) is 0.904. The van der Waals surface area contributed by atoms with Crippen LogP contribution in [-0.2, 0) is 23.7 Å². The highest BCUT2D eigenvalue weighted by atomic mass is 16.5. The van der Waals surface area contributed by atoms with Crippen LogP contribution in [0.2, 0.25) is 0 Å². The number of aliphatic carboxylic acids is 2. The van der Waals surface area contributed by atoms with Crippen molar-refractivity contribution in [2.45, 2.75) is 6.10 Å². The monoisotopic (exact) mass is 540 g/mol. The predicted molar refractivity (Wildman–Crippen MR) is 146 cm³/mol. The Labute approximate surface area is 224 Å². The van der Waals surface area contributed by atoms with Crippen molar-refractivity contribution in [3.8, 4) is 16.9 Å². The van der Waals surface area contributed by atoms with Crippen LogP contribution in [0.25, 0.3) is 11.1 Å². The van der Waals surface area contributed by atoms with E-state index in [9.17, 15) is 24.3 Å². The van der Waals surface area contributed by atoms with Crippen LogP contribution in [0.3, 0.4) is 0 Å². The number of aliphatic hydroxyl groups excluding tert-OH is 1. The Morgan fingerprint density at radius 3 is 2.03 bits per heavy atom. The fourth-order valence-corrected chi connectivity index (χ4v) is 3.36. The molecule has 0 saturated heterocycles. The molecule has 0 fully saturated rings.